The highest BCUT2D eigenvalue weighted by molar-refractivity contribution is 9.10. The van der Waals surface area contributed by atoms with Gasteiger partial charge in [-0.05, 0) is 35.8 Å². The van der Waals surface area contributed by atoms with Gasteiger partial charge in [0, 0.05) is 22.3 Å². The summed E-state index contributed by atoms with van der Waals surface area (Å²) in [6.07, 6.45) is 0. The molecule has 0 aliphatic heterocycles. The zero-order valence-electron chi connectivity index (χ0n) is 10.4. The summed E-state index contributed by atoms with van der Waals surface area (Å²) < 4.78 is 6.07. The highest BCUT2D eigenvalue weighted by Gasteiger charge is 2.10. The standard InChI is InChI=1S/C12H12BrN3O3/c1-7-8(2)19-12(15-7)6-14-11-4-3-9(16(17)18)5-10(11)13/h3-5,14H,6H2,1-2H3. The summed E-state index contributed by atoms with van der Waals surface area (Å²) in [6, 6.07) is 4.54. The minimum absolute atomic E-state index is 0.0419. The first-order chi connectivity index (χ1) is 8.97. The molecular formula is C12H12BrN3O3. The van der Waals surface area contributed by atoms with Gasteiger partial charge < -0.3 is 9.73 Å². The number of oxazole rings is 1. The second-order valence-electron chi connectivity index (χ2n) is 4.02. The normalized spacial score (nSPS) is 10.5. The fraction of sp³-hybridized carbons (Fsp3) is 0.250. The number of nitrogens with one attached hydrogen (secondary N) is 1. The van der Waals surface area contributed by atoms with Crippen molar-refractivity contribution in [1.82, 2.24) is 4.98 Å². The van der Waals surface area contributed by atoms with E-state index in [1.165, 1.54) is 12.1 Å². The van der Waals surface area contributed by atoms with Gasteiger partial charge in [0.2, 0.25) is 5.89 Å². The molecule has 6 nitrogen and oxygen atoms in total. The van der Waals surface area contributed by atoms with Gasteiger partial charge in [-0.2, -0.15) is 0 Å². The van der Waals surface area contributed by atoms with Crippen LogP contribution >= 0.6 is 15.9 Å². The third-order valence-corrected chi connectivity index (χ3v) is 3.32. The molecule has 0 saturated carbocycles. The van der Waals surface area contributed by atoms with Crippen molar-refractivity contribution in [3.63, 3.8) is 0 Å². The molecule has 1 N–H and O–H groups in total. The summed E-state index contributed by atoms with van der Waals surface area (Å²) in [5, 5.41) is 13.7. The van der Waals surface area contributed by atoms with Crippen LogP contribution in [-0.2, 0) is 6.54 Å². The number of nitro groups is 1. The maximum Gasteiger partial charge on any atom is 0.270 e. The van der Waals surface area contributed by atoms with Gasteiger partial charge in [-0.25, -0.2) is 4.98 Å². The summed E-state index contributed by atoms with van der Waals surface area (Å²) in [6.45, 7) is 4.16. The Hall–Kier alpha value is -1.89. The minimum atomic E-state index is -0.435. The number of aryl methyl sites for hydroxylation is 2. The van der Waals surface area contributed by atoms with Crippen molar-refractivity contribution in [2.45, 2.75) is 20.4 Å². The first-order valence-electron chi connectivity index (χ1n) is 5.58. The zero-order chi connectivity index (χ0) is 14.0. The monoisotopic (exact) mass is 325 g/mol. The molecule has 7 heteroatoms. The maximum atomic E-state index is 10.6. The molecule has 19 heavy (non-hydrogen) atoms. The molecule has 0 unspecified atom stereocenters. The van der Waals surface area contributed by atoms with Crippen molar-refractivity contribution in [3.05, 3.63) is 50.1 Å². The highest BCUT2D eigenvalue weighted by atomic mass is 79.9. The van der Waals surface area contributed by atoms with Crippen LogP contribution < -0.4 is 5.32 Å². The number of non-ortho nitro benzene ring substituents is 1. The number of hydrogen-bond acceptors (Lipinski definition) is 5. The Morgan fingerprint density at radius 3 is 2.74 bits per heavy atom. The Morgan fingerprint density at radius 1 is 1.47 bits per heavy atom. The fourth-order valence-electron chi connectivity index (χ4n) is 1.55. The van der Waals surface area contributed by atoms with Gasteiger partial charge in [-0.1, -0.05) is 0 Å². The van der Waals surface area contributed by atoms with Gasteiger partial charge in [0.15, 0.2) is 0 Å². The smallest absolute Gasteiger partial charge is 0.270 e. The quantitative estimate of drug-likeness (QED) is 0.686. The molecule has 0 fully saturated rings. The van der Waals surface area contributed by atoms with E-state index < -0.39 is 4.92 Å². The van der Waals surface area contributed by atoms with Crippen LogP contribution in [0.4, 0.5) is 11.4 Å². The SMILES string of the molecule is Cc1nc(CNc2ccc([N+](=O)[O-])cc2Br)oc1C. The number of benzene rings is 1. The summed E-state index contributed by atoms with van der Waals surface area (Å²) >= 11 is 3.29. The zero-order valence-corrected chi connectivity index (χ0v) is 12.0. The molecule has 1 heterocycles. The van der Waals surface area contributed by atoms with Gasteiger partial charge in [0.1, 0.15) is 5.76 Å². The molecule has 0 aliphatic carbocycles. The molecule has 2 aromatic rings. The maximum absolute atomic E-state index is 10.6. The van der Waals surface area contributed by atoms with Gasteiger partial charge in [0.25, 0.3) is 5.69 Å². The Morgan fingerprint density at radius 2 is 2.21 bits per heavy atom. The van der Waals surface area contributed by atoms with Crippen molar-refractivity contribution < 1.29 is 9.34 Å². The minimum Gasteiger partial charge on any atom is -0.444 e. The summed E-state index contributed by atoms with van der Waals surface area (Å²) in [5.41, 5.74) is 1.65. The number of rotatable bonds is 4. The number of hydrogen-bond donors (Lipinski definition) is 1. The van der Waals surface area contributed by atoms with Crippen molar-refractivity contribution in [2.75, 3.05) is 5.32 Å². The molecule has 1 aromatic heterocycles. The lowest BCUT2D eigenvalue weighted by Gasteiger charge is -2.06. The molecule has 1 aromatic carbocycles. The van der Waals surface area contributed by atoms with E-state index in [1.807, 2.05) is 13.8 Å². The van der Waals surface area contributed by atoms with E-state index >= 15 is 0 Å². The van der Waals surface area contributed by atoms with Crippen molar-refractivity contribution in [1.29, 1.82) is 0 Å². The molecule has 0 bridgehead atoms. The predicted molar refractivity (Wildman–Crippen MR) is 74.1 cm³/mol. The van der Waals surface area contributed by atoms with Gasteiger partial charge in [-0.15, -0.1) is 0 Å². The Labute approximate surface area is 118 Å². The average molecular weight is 326 g/mol. The molecular weight excluding hydrogens is 314 g/mol. The van der Waals surface area contributed by atoms with Gasteiger partial charge in [0.05, 0.1) is 17.2 Å². The van der Waals surface area contributed by atoms with Crippen molar-refractivity contribution >= 4 is 27.3 Å². The number of nitro benzene ring substituents is 1. The van der Waals surface area contributed by atoms with Crippen LogP contribution in [0.15, 0.2) is 27.1 Å². The van der Waals surface area contributed by atoms with Crippen LogP contribution in [-0.4, -0.2) is 9.91 Å². The lowest BCUT2D eigenvalue weighted by molar-refractivity contribution is -0.384. The topological polar surface area (TPSA) is 81.2 Å². The van der Waals surface area contributed by atoms with Crippen LogP contribution in [0, 0.1) is 24.0 Å². The molecule has 0 aliphatic rings. The second-order valence-corrected chi connectivity index (χ2v) is 4.88. The van der Waals surface area contributed by atoms with E-state index in [1.54, 1.807) is 6.07 Å². The first kappa shape index (κ1) is 13.5. The van der Waals surface area contributed by atoms with E-state index in [2.05, 4.69) is 26.2 Å². The largest absolute Gasteiger partial charge is 0.444 e. The molecule has 2 rings (SSSR count). The van der Waals surface area contributed by atoms with Gasteiger partial charge >= 0.3 is 0 Å². The number of nitrogens with zero attached hydrogens (tertiary/aromatic N) is 2. The molecule has 0 spiro atoms. The van der Waals surface area contributed by atoms with Crippen LogP contribution in [0.2, 0.25) is 0 Å². The third kappa shape index (κ3) is 3.11. The number of anilines is 1. The number of aromatic nitrogens is 1. The summed E-state index contributed by atoms with van der Waals surface area (Å²) in [5.74, 6) is 1.37. The summed E-state index contributed by atoms with van der Waals surface area (Å²) in [7, 11) is 0. The Balaban J connectivity index is 2.09. The molecule has 0 saturated heterocycles. The first-order valence-corrected chi connectivity index (χ1v) is 6.37. The lowest BCUT2D eigenvalue weighted by Crippen LogP contribution is -2.01. The van der Waals surface area contributed by atoms with Crippen LogP contribution in [0.5, 0.6) is 0 Å². The third-order valence-electron chi connectivity index (χ3n) is 2.67. The van der Waals surface area contributed by atoms with E-state index in [9.17, 15) is 10.1 Å². The van der Waals surface area contributed by atoms with Crippen LogP contribution in [0.3, 0.4) is 0 Å². The van der Waals surface area contributed by atoms with Gasteiger partial charge in [-0.3, -0.25) is 10.1 Å². The van der Waals surface area contributed by atoms with Crippen molar-refractivity contribution in [3.8, 4) is 0 Å². The second kappa shape index (κ2) is 5.40. The Kier molecular flexibility index (Phi) is 3.84. The molecule has 100 valence electrons. The van der Waals surface area contributed by atoms with E-state index in [4.69, 9.17) is 4.42 Å². The average Bonchev–Trinajstić information content (AvgIpc) is 2.67. The van der Waals surface area contributed by atoms with E-state index in [0.29, 0.717) is 16.9 Å². The Bertz CT molecular complexity index is 605. The van der Waals surface area contributed by atoms with Crippen LogP contribution in [0.25, 0.3) is 0 Å². The molecule has 0 radical (unpaired) electrons. The lowest BCUT2D eigenvalue weighted by atomic mass is 10.3. The van der Waals surface area contributed by atoms with Crippen molar-refractivity contribution in [2.24, 2.45) is 0 Å². The van der Waals surface area contributed by atoms with Crippen LogP contribution in [0.1, 0.15) is 17.3 Å². The summed E-state index contributed by atoms with van der Waals surface area (Å²) in [4.78, 5) is 14.4. The fourth-order valence-corrected chi connectivity index (χ4v) is 2.05. The molecule has 0 amide bonds. The predicted octanol–water partition coefficient (Wildman–Crippen LogP) is 3.57. The number of halogens is 1. The van der Waals surface area contributed by atoms with E-state index in [-0.39, 0.29) is 5.69 Å². The highest BCUT2D eigenvalue weighted by Crippen LogP contribution is 2.27. The molecule has 0 atom stereocenters. The van der Waals surface area contributed by atoms with E-state index in [0.717, 1.165) is 17.1 Å².